The second-order valence-electron chi connectivity index (χ2n) is 5.10. The third kappa shape index (κ3) is 2.63. The van der Waals surface area contributed by atoms with Crippen LogP contribution in [-0.2, 0) is 0 Å². The van der Waals surface area contributed by atoms with Crippen LogP contribution in [0.5, 0.6) is 5.75 Å². The summed E-state index contributed by atoms with van der Waals surface area (Å²) in [5, 5.41) is 3.39. The van der Waals surface area contributed by atoms with Gasteiger partial charge in [0, 0.05) is 11.6 Å². The third-order valence-electron chi connectivity index (χ3n) is 3.97. The summed E-state index contributed by atoms with van der Waals surface area (Å²) in [4.78, 5) is 0. The van der Waals surface area contributed by atoms with Crippen LogP contribution in [0.1, 0.15) is 35.9 Å². The van der Waals surface area contributed by atoms with E-state index in [-0.39, 0.29) is 6.04 Å². The molecular formula is C16H18BrNO2. The van der Waals surface area contributed by atoms with E-state index in [1.807, 2.05) is 19.2 Å². The number of fused-ring (bicyclic) bond motifs is 1. The molecule has 0 saturated carbocycles. The molecule has 0 aliphatic carbocycles. The highest BCUT2D eigenvalue weighted by molar-refractivity contribution is 9.10. The summed E-state index contributed by atoms with van der Waals surface area (Å²) in [6, 6.07) is 10.7. The number of furan rings is 1. The first-order valence-electron chi connectivity index (χ1n) is 6.91. The van der Waals surface area contributed by atoms with E-state index in [9.17, 15) is 0 Å². The van der Waals surface area contributed by atoms with E-state index in [0.717, 1.165) is 29.9 Å². The Labute approximate surface area is 127 Å². The van der Waals surface area contributed by atoms with E-state index in [1.165, 1.54) is 11.1 Å². The highest BCUT2D eigenvalue weighted by atomic mass is 79.9. The topological polar surface area (TPSA) is 34.4 Å². The maximum atomic E-state index is 5.74. The minimum absolute atomic E-state index is 0.277. The molecule has 0 amide bonds. The van der Waals surface area contributed by atoms with Gasteiger partial charge in [-0.15, -0.1) is 0 Å². The molecular weight excluding hydrogens is 318 g/mol. The van der Waals surface area contributed by atoms with Gasteiger partial charge < -0.3 is 14.5 Å². The third-order valence-corrected chi connectivity index (χ3v) is 4.62. The van der Waals surface area contributed by atoms with Crippen molar-refractivity contribution in [3.8, 4) is 5.75 Å². The summed E-state index contributed by atoms with van der Waals surface area (Å²) in [6.07, 6.45) is 3.82. The Morgan fingerprint density at radius 3 is 2.95 bits per heavy atom. The van der Waals surface area contributed by atoms with E-state index in [0.29, 0.717) is 5.92 Å². The minimum atomic E-state index is 0.277. The standard InChI is InChI=1S/C16H18BrNO2/c1-18-14(13-7-9-20-16(13)17)10-11-6-8-19-15-5-3-2-4-12(11)15/h2-5,7,9,11,14,18H,6,8,10H2,1H3. The van der Waals surface area contributed by atoms with Gasteiger partial charge in [0.05, 0.1) is 12.9 Å². The van der Waals surface area contributed by atoms with Gasteiger partial charge in [-0.1, -0.05) is 18.2 Å². The molecule has 0 fully saturated rings. The lowest BCUT2D eigenvalue weighted by atomic mass is 9.86. The highest BCUT2D eigenvalue weighted by Gasteiger charge is 2.26. The first-order valence-corrected chi connectivity index (χ1v) is 7.70. The van der Waals surface area contributed by atoms with Crippen molar-refractivity contribution in [2.24, 2.45) is 0 Å². The zero-order chi connectivity index (χ0) is 13.9. The number of hydrogen-bond acceptors (Lipinski definition) is 3. The van der Waals surface area contributed by atoms with Crippen LogP contribution in [0, 0.1) is 0 Å². The van der Waals surface area contributed by atoms with Crippen molar-refractivity contribution in [1.82, 2.24) is 5.32 Å². The normalized spacial score (nSPS) is 19.2. The monoisotopic (exact) mass is 335 g/mol. The molecule has 2 unspecified atom stereocenters. The molecule has 1 aromatic carbocycles. The molecule has 3 rings (SSSR count). The van der Waals surface area contributed by atoms with Crippen LogP contribution in [0.4, 0.5) is 0 Å². The van der Waals surface area contributed by atoms with E-state index in [2.05, 4.69) is 39.4 Å². The molecule has 106 valence electrons. The van der Waals surface area contributed by atoms with Crippen LogP contribution in [0.15, 0.2) is 45.7 Å². The van der Waals surface area contributed by atoms with E-state index >= 15 is 0 Å². The summed E-state index contributed by atoms with van der Waals surface area (Å²) in [5.74, 6) is 1.55. The maximum absolute atomic E-state index is 5.74. The van der Waals surface area contributed by atoms with Crippen LogP contribution >= 0.6 is 15.9 Å². The fourth-order valence-corrected chi connectivity index (χ4v) is 3.42. The molecule has 2 heterocycles. The molecule has 1 aromatic heterocycles. The lowest BCUT2D eigenvalue weighted by Crippen LogP contribution is -2.22. The average molecular weight is 336 g/mol. The van der Waals surface area contributed by atoms with Crippen molar-refractivity contribution in [2.45, 2.75) is 24.8 Å². The predicted octanol–water partition coefficient (Wildman–Crippen LogP) is 4.26. The van der Waals surface area contributed by atoms with Crippen LogP contribution in [0.3, 0.4) is 0 Å². The van der Waals surface area contributed by atoms with Crippen LogP contribution < -0.4 is 10.1 Å². The zero-order valence-electron chi connectivity index (χ0n) is 11.4. The van der Waals surface area contributed by atoms with Crippen molar-refractivity contribution in [2.75, 3.05) is 13.7 Å². The fraction of sp³-hybridized carbons (Fsp3) is 0.375. The van der Waals surface area contributed by atoms with Gasteiger partial charge in [-0.3, -0.25) is 0 Å². The summed E-state index contributed by atoms with van der Waals surface area (Å²) < 4.78 is 11.9. The van der Waals surface area contributed by atoms with Gasteiger partial charge in [0.2, 0.25) is 0 Å². The Morgan fingerprint density at radius 2 is 2.20 bits per heavy atom. The molecule has 0 bridgehead atoms. The van der Waals surface area contributed by atoms with Crippen molar-refractivity contribution in [3.05, 3.63) is 52.4 Å². The quantitative estimate of drug-likeness (QED) is 0.906. The van der Waals surface area contributed by atoms with Crippen molar-refractivity contribution < 1.29 is 9.15 Å². The molecule has 0 saturated heterocycles. The largest absolute Gasteiger partial charge is 0.493 e. The molecule has 20 heavy (non-hydrogen) atoms. The minimum Gasteiger partial charge on any atom is -0.493 e. The van der Waals surface area contributed by atoms with Crippen LogP contribution in [0.25, 0.3) is 0 Å². The summed E-state index contributed by atoms with van der Waals surface area (Å²) in [7, 11) is 2.00. The number of nitrogens with one attached hydrogen (secondary N) is 1. The number of ether oxygens (including phenoxy) is 1. The number of rotatable bonds is 4. The molecule has 3 nitrogen and oxygen atoms in total. The van der Waals surface area contributed by atoms with E-state index in [4.69, 9.17) is 9.15 Å². The fourth-order valence-electron chi connectivity index (χ4n) is 2.90. The first-order chi connectivity index (χ1) is 9.79. The molecule has 2 aromatic rings. The average Bonchev–Trinajstić information content (AvgIpc) is 2.91. The lowest BCUT2D eigenvalue weighted by Gasteiger charge is -2.28. The Bertz CT molecular complexity index is 581. The Kier molecular flexibility index (Phi) is 4.13. The smallest absolute Gasteiger partial charge is 0.173 e. The number of hydrogen-bond donors (Lipinski definition) is 1. The van der Waals surface area contributed by atoms with Crippen molar-refractivity contribution >= 4 is 15.9 Å². The summed E-state index contributed by atoms with van der Waals surface area (Å²) in [6.45, 7) is 0.796. The van der Waals surface area contributed by atoms with Crippen molar-refractivity contribution in [1.29, 1.82) is 0 Å². The Morgan fingerprint density at radius 1 is 1.35 bits per heavy atom. The SMILES string of the molecule is CNC(CC1CCOc2ccccc21)c1ccoc1Br. The second-order valence-corrected chi connectivity index (χ2v) is 5.82. The van der Waals surface area contributed by atoms with E-state index < -0.39 is 0 Å². The van der Waals surface area contributed by atoms with Gasteiger partial charge in [-0.2, -0.15) is 0 Å². The Hall–Kier alpha value is -1.26. The van der Waals surface area contributed by atoms with E-state index in [1.54, 1.807) is 6.26 Å². The highest BCUT2D eigenvalue weighted by Crippen LogP contribution is 2.39. The lowest BCUT2D eigenvalue weighted by molar-refractivity contribution is 0.256. The summed E-state index contributed by atoms with van der Waals surface area (Å²) in [5.41, 5.74) is 2.50. The van der Waals surface area contributed by atoms with Crippen LogP contribution in [0.2, 0.25) is 0 Å². The van der Waals surface area contributed by atoms with Crippen molar-refractivity contribution in [3.63, 3.8) is 0 Å². The van der Waals surface area contributed by atoms with Gasteiger partial charge in [0.1, 0.15) is 5.75 Å². The molecule has 1 aliphatic heterocycles. The van der Waals surface area contributed by atoms with Gasteiger partial charge in [0.25, 0.3) is 0 Å². The molecule has 1 N–H and O–H groups in total. The second kappa shape index (κ2) is 6.02. The van der Waals surface area contributed by atoms with Gasteiger partial charge in [-0.05, 0) is 59.4 Å². The zero-order valence-corrected chi connectivity index (χ0v) is 13.0. The number of benzene rings is 1. The van der Waals surface area contributed by atoms with Gasteiger partial charge in [0.15, 0.2) is 4.67 Å². The van der Waals surface area contributed by atoms with Gasteiger partial charge in [-0.25, -0.2) is 0 Å². The molecule has 4 heteroatoms. The maximum Gasteiger partial charge on any atom is 0.173 e. The predicted molar refractivity (Wildman–Crippen MR) is 82.1 cm³/mol. The summed E-state index contributed by atoms with van der Waals surface area (Å²) >= 11 is 3.47. The number of halogens is 1. The first kappa shape index (κ1) is 13.7. The van der Waals surface area contributed by atoms with Gasteiger partial charge >= 0.3 is 0 Å². The Balaban J connectivity index is 1.82. The molecule has 0 spiro atoms. The molecule has 0 radical (unpaired) electrons. The van der Waals surface area contributed by atoms with Crippen LogP contribution in [-0.4, -0.2) is 13.7 Å². The number of para-hydroxylation sites is 1. The molecule has 1 aliphatic rings. The molecule has 2 atom stereocenters.